The Morgan fingerprint density at radius 1 is 1.00 bits per heavy atom. The summed E-state index contributed by atoms with van der Waals surface area (Å²) in [5.41, 5.74) is 7.13. The molecule has 0 saturated carbocycles. The van der Waals surface area contributed by atoms with Crippen molar-refractivity contribution < 1.29 is 4.74 Å². The largest absolute Gasteiger partial charge is 0.496 e. The van der Waals surface area contributed by atoms with E-state index in [1.807, 2.05) is 42.6 Å². The number of benzene rings is 2. The fraction of sp³-hybridized carbons (Fsp3) is 0.174. The summed E-state index contributed by atoms with van der Waals surface area (Å²) in [6, 6.07) is 18.1. The molecule has 1 aliphatic carbocycles. The van der Waals surface area contributed by atoms with Gasteiger partial charge in [-0.15, -0.1) is 6.42 Å². The first-order valence-electron chi connectivity index (χ1n) is 8.36. The van der Waals surface area contributed by atoms with E-state index in [-0.39, 0.29) is 0 Å². The van der Waals surface area contributed by atoms with Gasteiger partial charge in [-0.3, -0.25) is 4.98 Å². The van der Waals surface area contributed by atoms with Gasteiger partial charge in [0.25, 0.3) is 0 Å². The van der Waals surface area contributed by atoms with Crippen molar-refractivity contribution in [1.29, 1.82) is 0 Å². The SMILES string of the molecule is C#Cc1ccccc1.COc1cc(C)cc2c1-c1ncccc1CC2. The number of hydrogen-bond acceptors (Lipinski definition) is 2. The van der Waals surface area contributed by atoms with Gasteiger partial charge in [-0.2, -0.15) is 0 Å². The normalized spacial score (nSPS) is 11.2. The van der Waals surface area contributed by atoms with Gasteiger partial charge in [-0.25, -0.2) is 0 Å². The van der Waals surface area contributed by atoms with Crippen molar-refractivity contribution in [3.05, 3.63) is 83.0 Å². The minimum Gasteiger partial charge on any atom is -0.496 e. The highest BCUT2D eigenvalue weighted by Crippen LogP contribution is 2.39. The van der Waals surface area contributed by atoms with Gasteiger partial charge in [-0.1, -0.05) is 36.3 Å². The molecule has 25 heavy (non-hydrogen) atoms. The van der Waals surface area contributed by atoms with Crippen molar-refractivity contribution in [1.82, 2.24) is 4.98 Å². The van der Waals surface area contributed by atoms with Crippen LogP contribution in [0.25, 0.3) is 11.3 Å². The minimum absolute atomic E-state index is 0.938. The van der Waals surface area contributed by atoms with Crippen molar-refractivity contribution in [3.8, 4) is 29.4 Å². The number of fused-ring (bicyclic) bond motifs is 3. The highest BCUT2D eigenvalue weighted by molar-refractivity contribution is 5.76. The number of pyridine rings is 1. The van der Waals surface area contributed by atoms with E-state index >= 15 is 0 Å². The highest BCUT2D eigenvalue weighted by atomic mass is 16.5. The molecular formula is C23H21NO. The van der Waals surface area contributed by atoms with Crippen LogP contribution in [0.1, 0.15) is 22.3 Å². The summed E-state index contributed by atoms with van der Waals surface area (Å²) in [5.74, 6) is 3.47. The maximum absolute atomic E-state index is 5.51. The average molecular weight is 327 g/mol. The second-order valence-electron chi connectivity index (χ2n) is 6.02. The van der Waals surface area contributed by atoms with Crippen LogP contribution in [0.2, 0.25) is 0 Å². The lowest BCUT2D eigenvalue weighted by Crippen LogP contribution is -2.07. The maximum Gasteiger partial charge on any atom is 0.128 e. The fourth-order valence-electron chi connectivity index (χ4n) is 3.12. The summed E-state index contributed by atoms with van der Waals surface area (Å²) in [4.78, 5) is 4.52. The Balaban J connectivity index is 0.000000192. The molecule has 0 aliphatic heterocycles. The second kappa shape index (κ2) is 7.68. The highest BCUT2D eigenvalue weighted by Gasteiger charge is 2.21. The fourth-order valence-corrected chi connectivity index (χ4v) is 3.12. The Morgan fingerprint density at radius 3 is 2.44 bits per heavy atom. The molecule has 124 valence electrons. The van der Waals surface area contributed by atoms with Crippen molar-refractivity contribution in [2.24, 2.45) is 0 Å². The van der Waals surface area contributed by atoms with Gasteiger partial charge in [0.05, 0.1) is 12.8 Å². The molecule has 0 bridgehead atoms. The topological polar surface area (TPSA) is 22.1 Å². The van der Waals surface area contributed by atoms with E-state index in [9.17, 15) is 0 Å². The molecule has 1 heterocycles. The van der Waals surface area contributed by atoms with E-state index in [0.717, 1.165) is 29.8 Å². The van der Waals surface area contributed by atoms with Crippen LogP contribution >= 0.6 is 0 Å². The quantitative estimate of drug-likeness (QED) is 0.597. The zero-order valence-electron chi connectivity index (χ0n) is 14.6. The van der Waals surface area contributed by atoms with Crippen LogP contribution in [-0.4, -0.2) is 12.1 Å². The lowest BCUT2D eigenvalue weighted by molar-refractivity contribution is 0.415. The predicted octanol–water partition coefficient (Wildman–Crippen LogP) is 4.83. The minimum atomic E-state index is 0.938. The molecule has 4 rings (SSSR count). The van der Waals surface area contributed by atoms with Gasteiger partial charge in [-0.05, 0) is 60.7 Å². The van der Waals surface area contributed by atoms with E-state index in [1.54, 1.807) is 7.11 Å². The van der Waals surface area contributed by atoms with Gasteiger partial charge < -0.3 is 4.74 Å². The first kappa shape index (κ1) is 16.8. The monoisotopic (exact) mass is 327 g/mol. The molecule has 0 N–H and O–H groups in total. The molecule has 2 aromatic carbocycles. The van der Waals surface area contributed by atoms with Gasteiger partial charge >= 0.3 is 0 Å². The van der Waals surface area contributed by atoms with Gasteiger partial charge in [0.1, 0.15) is 5.75 Å². The molecule has 0 radical (unpaired) electrons. The summed E-state index contributed by atoms with van der Waals surface area (Å²) in [5, 5.41) is 0. The molecule has 0 saturated heterocycles. The number of hydrogen-bond donors (Lipinski definition) is 0. The van der Waals surface area contributed by atoms with Gasteiger partial charge in [0.15, 0.2) is 0 Å². The van der Waals surface area contributed by atoms with E-state index in [4.69, 9.17) is 11.2 Å². The van der Waals surface area contributed by atoms with Crippen LogP contribution in [0.3, 0.4) is 0 Å². The lowest BCUT2D eigenvalue weighted by atomic mass is 9.87. The smallest absolute Gasteiger partial charge is 0.128 e. The number of aryl methyl sites for hydroxylation is 3. The van der Waals surface area contributed by atoms with Crippen molar-refractivity contribution >= 4 is 0 Å². The van der Waals surface area contributed by atoms with Crippen LogP contribution in [-0.2, 0) is 12.8 Å². The molecule has 0 fully saturated rings. The van der Waals surface area contributed by atoms with E-state index in [1.165, 1.54) is 22.3 Å². The van der Waals surface area contributed by atoms with Crippen LogP contribution in [0, 0.1) is 19.3 Å². The van der Waals surface area contributed by atoms with Crippen LogP contribution < -0.4 is 4.74 Å². The Labute approximate surface area is 149 Å². The molecule has 2 heteroatoms. The molecule has 0 spiro atoms. The zero-order valence-corrected chi connectivity index (χ0v) is 14.6. The third-order valence-corrected chi connectivity index (χ3v) is 4.28. The van der Waals surface area contributed by atoms with Crippen molar-refractivity contribution in [2.45, 2.75) is 19.8 Å². The molecule has 1 aromatic heterocycles. The number of terminal acetylenes is 1. The maximum atomic E-state index is 5.51. The molecule has 0 atom stereocenters. The summed E-state index contributed by atoms with van der Waals surface area (Å²) in [6.45, 7) is 2.11. The molecule has 0 unspecified atom stereocenters. The van der Waals surface area contributed by atoms with Crippen LogP contribution in [0.4, 0.5) is 0 Å². The standard InChI is InChI=1S/C15H15NO.C8H6/c1-10-8-12-6-5-11-4-3-7-16-15(11)14(12)13(9-10)17-2;1-2-8-6-4-3-5-7-8/h3-4,7-9H,5-6H2,1-2H3;1,3-7H. The van der Waals surface area contributed by atoms with Crippen LogP contribution in [0.5, 0.6) is 5.75 Å². The summed E-state index contributed by atoms with van der Waals surface area (Å²) >= 11 is 0. The number of rotatable bonds is 1. The molecule has 0 amide bonds. The molecule has 2 nitrogen and oxygen atoms in total. The zero-order chi connectivity index (χ0) is 17.6. The average Bonchev–Trinajstić information content (AvgIpc) is 2.68. The number of nitrogens with zero attached hydrogens (tertiary/aromatic N) is 1. The molecule has 3 aromatic rings. The number of aromatic nitrogens is 1. The third-order valence-electron chi connectivity index (χ3n) is 4.28. The van der Waals surface area contributed by atoms with E-state index in [0.29, 0.717) is 0 Å². The van der Waals surface area contributed by atoms with Crippen molar-refractivity contribution in [2.75, 3.05) is 7.11 Å². The second-order valence-corrected chi connectivity index (χ2v) is 6.02. The first-order chi connectivity index (χ1) is 12.2. The van der Waals surface area contributed by atoms with Gasteiger partial charge in [0, 0.05) is 17.3 Å². The molecule has 1 aliphatic rings. The Hall–Kier alpha value is -3.05. The van der Waals surface area contributed by atoms with Gasteiger partial charge in [0.2, 0.25) is 0 Å². The first-order valence-corrected chi connectivity index (χ1v) is 8.36. The van der Waals surface area contributed by atoms with E-state index in [2.05, 4.69) is 36.0 Å². The molecular weight excluding hydrogens is 306 g/mol. The van der Waals surface area contributed by atoms with E-state index < -0.39 is 0 Å². The predicted molar refractivity (Wildman–Crippen MR) is 103 cm³/mol. The Kier molecular flexibility index (Phi) is 5.16. The summed E-state index contributed by atoms with van der Waals surface area (Å²) in [7, 11) is 1.73. The Morgan fingerprint density at radius 2 is 1.76 bits per heavy atom. The Bertz CT molecular complexity index is 890. The summed E-state index contributed by atoms with van der Waals surface area (Å²) in [6.07, 6.45) is 9.10. The lowest BCUT2D eigenvalue weighted by Gasteiger charge is -2.21. The van der Waals surface area contributed by atoms with Crippen LogP contribution in [0.15, 0.2) is 60.8 Å². The third kappa shape index (κ3) is 3.72. The number of methoxy groups -OCH3 is 1. The number of ether oxygens (including phenoxy) is 1. The summed E-state index contributed by atoms with van der Waals surface area (Å²) < 4.78 is 5.51. The van der Waals surface area contributed by atoms with Crippen molar-refractivity contribution in [3.63, 3.8) is 0 Å².